The largest absolute Gasteiger partial charge is 0.314 e. The number of amides is 1. The minimum Gasteiger partial charge on any atom is -0.314 e. The highest BCUT2D eigenvalue weighted by Gasteiger charge is 2.11. The maximum Gasteiger partial charge on any atom is 0.212 e. The number of aryl methyl sites for hydroxylation is 1. The number of aromatic nitrogens is 2. The summed E-state index contributed by atoms with van der Waals surface area (Å²) in [4.78, 5) is 10.3. The lowest BCUT2D eigenvalue weighted by Crippen LogP contribution is -2.06. The van der Waals surface area contributed by atoms with Crippen LogP contribution in [0.4, 0.5) is 5.82 Å². The maximum absolute atomic E-state index is 10.3. The second kappa shape index (κ2) is 4.38. The van der Waals surface area contributed by atoms with Crippen molar-refractivity contribution in [1.29, 1.82) is 0 Å². The van der Waals surface area contributed by atoms with Crippen molar-refractivity contribution in [3.8, 4) is 0 Å². The van der Waals surface area contributed by atoms with Crippen LogP contribution in [0, 0.1) is 0 Å². The van der Waals surface area contributed by atoms with E-state index in [-0.39, 0.29) is 0 Å². The zero-order valence-electron chi connectivity index (χ0n) is 7.47. The average Bonchev–Trinajstić information content (AvgIpc) is 2.34. The van der Waals surface area contributed by atoms with E-state index in [9.17, 15) is 4.79 Å². The Morgan fingerprint density at radius 3 is 2.92 bits per heavy atom. The Hall–Kier alpha value is -0.880. The molecule has 0 aliphatic heterocycles. The molecule has 0 saturated carbocycles. The zero-order chi connectivity index (χ0) is 9.84. The molecule has 0 aromatic carbocycles. The minimum atomic E-state index is 0.630. The first kappa shape index (κ1) is 10.2. The molecular formula is C7H11BrN4O. The van der Waals surface area contributed by atoms with Crippen LogP contribution >= 0.6 is 15.9 Å². The van der Waals surface area contributed by atoms with Crippen molar-refractivity contribution >= 4 is 28.2 Å². The number of nitrogens with zero attached hydrogens (tertiary/aromatic N) is 2. The van der Waals surface area contributed by atoms with Crippen molar-refractivity contribution in [3.05, 3.63) is 10.2 Å². The predicted octanol–water partition coefficient (Wildman–Crippen LogP) is 0.470. The summed E-state index contributed by atoms with van der Waals surface area (Å²) in [6, 6.07) is 0. The van der Waals surface area contributed by atoms with E-state index < -0.39 is 0 Å². The van der Waals surface area contributed by atoms with Gasteiger partial charge in [-0.15, -0.1) is 0 Å². The molecule has 5 nitrogen and oxygen atoms in total. The number of nitrogens with one attached hydrogen (secondary N) is 2. The zero-order valence-corrected chi connectivity index (χ0v) is 9.05. The molecule has 1 heterocycles. The molecule has 6 heteroatoms. The lowest BCUT2D eigenvalue weighted by atomic mass is 10.4. The summed E-state index contributed by atoms with van der Waals surface area (Å²) < 4.78 is 2.43. The molecular weight excluding hydrogens is 236 g/mol. The van der Waals surface area contributed by atoms with Crippen LogP contribution in [0.1, 0.15) is 5.69 Å². The van der Waals surface area contributed by atoms with Gasteiger partial charge in [0.1, 0.15) is 5.82 Å². The molecule has 0 bridgehead atoms. The molecule has 0 aliphatic carbocycles. The van der Waals surface area contributed by atoms with Crippen molar-refractivity contribution < 1.29 is 4.79 Å². The van der Waals surface area contributed by atoms with E-state index in [0.29, 0.717) is 18.8 Å². The highest BCUT2D eigenvalue weighted by molar-refractivity contribution is 9.10. The summed E-state index contributed by atoms with van der Waals surface area (Å²) in [6.07, 6.45) is 0.630. The van der Waals surface area contributed by atoms with Gasteiger partial charge in [0, 0.05) is 13.6 Å². The lowest BCUT2D eigenvalue weighted by Gasteiger charge is -1.97. The third-order valence-corrected chi connectivity index (χ3v) is 2.43. The molecule has 72 valence electrons. The van der Waals surface area contributed by atoms with Crippen LogP contribution in [0.15, 0.2) is 4.47 Å². The van der Waals surface area contributed by atoms with Crippen molar-refractivity contribution in [1.82, 2.24) is 15.1 Å². The lowest BCUT2D eigenvalue weighted by molar-refractivity contribution is -0.105. The van der Waals surface area contributed by atoms with Gasteiger partial charge in [-0.1, -0.05) is 0 Å². The second-order valence-electron chi connectivity index (χ2n) is 2.53. The summed E-state index contributed by atoms with van der Waals surface area (Å²) in [6.45, 7) is 0.662. The van der Waals surface area contributed by atoms with E-state index in [1.165, 1.54) is 0 Å². The Morgan fingerprint density at radius 1 is 1.69 bits per heavy atom. The SMILES string of the molecule is CNCc1nn(C)c(NC=O)c1Br. The van der Waals surface area contributed by atoms with Crippen LogP contribution in [0.5, 0.6) is 0 Å². The first-order valence-electron chi connectivity index (χ1n) is 3.76. The van der Waals surface area contributed by atoms with E-state index >= 15 is 0 Å². The summed E-state index contributed by atoms with van der Waals surface area (Å²) in [5, 5.41) is 9.76. The van der Waals surface area contributed by atoms with Crippen molar-refractivity contribution in [3.63, 3.8) is 0 Å². The Morgan fingerprint density at radius 2 is 2.38 bits per heavy atom. The number of rotatable bonds is 4. The van der Waals surface area contributed by atoms with Gasteiger partial charge in [-0.2, -0.15) is 5.10 Å². The van der Waals surface area contributed by atoms with Gasteiger partial charge in [-0.25, -0.2) is 0 Å². The molecule has 1 rings (SSSR count). The van der Waals surface area contributed by atoms with Crippen molar-refractivity contribution in [2.45, 2.75) is 6.54 Å². The van der Waals surface area contributed by atoms with Gasteiger partial charge in [0.05, 0.1) is 10.2 Å². The monoisotopic (exact) mass is 246 g/mol. The van der Waals surface area contributed by atoms with Gasteiger partial charge in [0.25, 0.3) is 0 Å². The number of halogens is 1. The Labute approximate surface area is 84.6 Å². The summed E-state index contributed by atoms with van der Waals surface area (Å²) in [5.74, 6) is 0.667. The first-order valence-corrected chi connectivity index (χ1v) is 4.56. The quantitative estimate of drug-likeness (QED) is 0.760. The minimum absolute atomic E-state index is 0.630. The molecule has 1 aromatic rings. The van der Waals surface area contributed by atoms with Crippen LogP contribution in [0.3, 0.4) is 0 Å². The summed E-state index contributed by atoms with van der Waals surface area (Å²) in [5.41, 5.74) is 0.870. The molecule has 13 heavy (non-hydrogen) atoms. The molecule has 0 atom stereocenters. The molecule has 1 amide bonds. The molecule has 0 saturated heterocycles. The summed E-state index contributed by atoms with van der Waals surface area (Å²) in [7, 11) is 3.61. The van der Waals surface area contributed by atoms with Gasteiger partial charge in [-0.05, 0) is 23.0 Å². The van der Waals surface area contributed by atoms with E-state index in [2.05, 4.69) is 31.7 Å². The summed E-state index contributed by atoms with van der Waals surface area (Å²) >= 11 is 3.36. The fraction of sp³-hybridized carbons (Fsp3) is 0.429. The molecule has 0 spiro atoms. The fourth-order valence-corrected chi connectivity index (χ4v) is 1.64. The Balaban J connectivity index is 2.99. The number of hydrogen-bond acceptors (Lipinski definition) is 3. The van der Waals surface area contributed by atoms with Crippen LogP contribution in [0.25, 0.3) is 0 Å². The third kappa shape index (κ3) is 2.07. The van der Waals surface area contributed by atoms with Crippen LogP contribution in [0.2, 0.25) is 0 Å². The molecule has 2 N–H and O–H groups in total. The van der Waals surface area contributed by atoms with Crippen LogP contribution in [-0.4, -0.2) is 23.2 Å². The highest BCUT2D eigenvalue weighted by atomic mass is 79.9. The number of carbonyl (C=O) groups is 1. The highest BCUT2D eigenvalue weighted by Crippen LogP contribution is 2.24. The molecule has 0 unspecified atom stereocenters. The maximum atomic E-state index is 10.3. The van der Waals surface area contributed by atoms with Gasteiger partial charge < -0.3 is 10.6 Å². The number of carbonyl (C=O) groups excluding carboxylic acids is 1. The topological polar surface area (TPSA) is 59.0 Å². The van der Waals surface area contributed by atoms with E-state index in [1.54, 1.807) is 11.7 Å². The smallest absolute Gasteiger partial charge is 0.212 e. The average molecular weight is 247 g/mol. The normalized spacial score (nSPS) is 10.1. The van der Waals surface area contributed by atoms with Gasteiger partial charge >= 0.3 is 0 Å². The molecule has 0 fully saturated rings. The van der Waals surface area contributed by atoms with E-state index in [4.69, 9.17) is 0 Å². The van der Waals surface area contributed by atoms with Crippen LogP contribution < -0.4 is 10.6 Å². The molecule has 1 aromatic heterocycles. The van der Waals surface area contributed by atoms with Gasteiger partial charge in [0.15, 0.2) is 0 Å². The predicted molar refractivity (Wildman–Crippen MR) is 53.4 cm³/mol. The standard InChI is InChI=1S/C7H11BrN4O/c1-9-3-5-6(8)7(10-4-13)12(2)11-5/h4,9H,3H2,1-2H3,(H,10,13). The van der Waals surface area contributed by atoms with E-state index in [1.807, 2.05) is 7.05 Å². The Bertz CT molecular complexity index is 310. The number of anilines is 1. The Kier molecular flexibility index (Phi) is 3.44. The molecule has 0 aliphatic rings. The number of hydrogen-bond donors (Lipinski definition) is 2. The van der Waals surface area contributed by atoms with Crippen molar-refractivity contribution in [2.24, 2.45) is 7.05 Å². The van der Waals surface area contributed by atoms with E-state index in [0.717, 1.165) is 10.2 Å². The second-order valence-corrected chi connectivity index (χ2v) is 3.32. The van der Waals surface area contributed by atoms with Gasteiger partial charge in [0.2, 0.25) is 6.41 Å². The fourth-order valence-electron chi connectivity index (χ4n) is 1.05. The first-order chi connectivity index (χ1) is 6.20. The third-order valence-electron chi connectivity index (χ3n) is 1.60. The molecule has 0 radical (unpaired) electrons. The van der Waals surface area contributed by atoms with Gasteiger partial charge in [-0.3, -0.25) is 9.48 Å². The van der Waals surface area contributed by atoms with Crippen LogP contribution in [-0.2, 0) is 18.4 Å². The van der Waals surface area contributed by atoms with Crippen molar-refractivity contribution in [2.75, 3.05) is 12.4 Å².